The molecule has 1 heterocycles. The molecule has 3 aromatic rings. The Balaban J connectivity index is 1.60. The monoisotopic (exact) mass is 454 g/mol. The van der Waals surface area contributed by atoms with E-state index in [2.05, 4.69) is 10.3 Å². The van der Waals surface area contributed by atoms with Crippen LogP contribution in [-0.4, -0.2) is 30.1 Å². The van der Waals surface area contributed by atoms with Gasteiger partial charge in [0.1, 0.15) is 17.2 Å². The average molecular weight is 455 g/mol. The van der Waals surface area contributed by atoms with Crippen molar-refractivity contribution in [3.8, 4) is 5.75 Å². The first-order chi connectivity index (χ1) is 14.2. The molecule has 10 heteroatoms. The lowest BCUT2D eigenvalue weighted by atomic mass is 10.2. The summed E-state index contributed by atoms with van der Waals surface area (Å²) in [6, 6.07) is 7.55. The van der Waals surface area contributed by atoms with E-state index in [1.807, 2.05) is 0 Å². The normalized spacial score (nSPS) is 10.7. The van der Waals surface area contributed by atoms with Crippen LogP contribution in [0.15, 0.2) is 36.4 Å². The molecule has 1 amide bonds. The van der Waals surface area contributed by atoms with Crippen LogP contribution in [0.3, 0.4) is 0 Å². The van der Waals surface area contributed by atoms with E-state index < -0.39 is 36.7 Å². The van der Waals surface area contributed by atoms with Gasteiger partial charge in [-0.3, -0.25) is 4.79 Å². The van der Waals surface area contributed by atoms with Gasteiger partial charge < -0.3 is 14.8 Å². The summed E-state index contributed by atoms with van der Waals surface area (Å²) in [6.07, 6.45) is 0. The van der Waals surface area contributed by atoms with Gasteiger partial charge >= 0.3 is 5.97 Å². The number of anilines is 1. The van der Waals surface area contributed by atoms with Gasteiger partial charge in [0, 0.05) is 17.1 Å². The number of pyridine rings is 1. The number of esters is 1. The molecule has 0 aliphatic rings. The third kappa shape index (κ3) is 5.14. The number of carbonyl (C=O) groups is 2. The maximum Gasteiger partial charge on any atom is 0.344 e. The Hall–Kier alpha value is -2.97. The van der Waals surface area contributed by atoms with Gasteiger partial charge in [-0.2, -0.15) is 0 Å². The Kier molecular flexibility index (Phi) is 6.69. The van der Waals surface area contributed by atoms with Crippen LogP contribution in [0.4, 0.5) is 14.5 Å². The van der Waals surface area contributed by atoms with Crippen molar-refractivity contribution in [1.82, 2.24) is 4.98 Å². The average Bonchev–Trinajstić information content (AvgIpc) is 2.68. The summed E-state index contributed by atoms with van der Waals surface area (Å²) in [4.78, 5) is 28.1. The van der Waals surface area contributed by atoms with Crippen LogP contribution in [-0.2, 0) is 14.3 Å². The van der Waals surface area contributed by atoms with Gasteiger partial charge in [0.05, 0.1) is 15.7 Å². The quantitative estimate of drug-likeness (QED) is 0.546. The molecule has 0 saturated heterocycles. The first-order valence-corrected chi connectivity index (χ1v) is 9.29. The van der Waals surface area contributed by atoms with Gasteiger partial charge in [-0.1, -0.05) is 23.2 Å². The number of aryl methyl sites for hydroxylation is 1. The molecule has 0 spiro atoms. The number of carbonyl (C=O) groups excluding carboxylic acids is 2. The minimum atomic E-state index is -0.878. The largest absolute Gasteiger partial charge is 0.478 e. The van der Waals surface area contributed by atoms with Crippen molar-refractivity contribution in [2.24, 2.45) is 0 Å². The van der Waals surface area contributed by atoms with Crippen LogP contribution < -0.4 is 10.1 Å². The van der Waals surface area contributed by atoms with Crippen molar-refractivity contribution in [2.75, 3.05) is 18.5 Å². The first-order valence-electron chi connectivity index (χ1n) is 8.53. The van der Waals surface area contributed by atoms with E-state index in [4.69, 9.17) is 32.7 Å². The molecular weight excluding hydrogens is 441 g/mol. The highest BCUT2D eigenvalue weighted by molar-refractivity contribution is 6.39. The van der Waals surface area contributed by atoms with Crippen molar-refractivity contribution >= 4 is 51.7 Å². The third-order valence-electron chi connectivity index (χ3n) is 3.88. The Morgan fingerprint density at radius 3 is 2.60 bits per heavy atom. The molecule has 3 rings (SSSR count). The predicted molar refractivity (Wildman–Crippen MR) is 108 cm³/mol. The summed E-state index contributed by atoms with van der Waals surface area (Å²) in [5, 5.41) is 3.22. The molecule has 0 aliphatic heterocycles. The Morgan fingerprint density at radius 2 is 1.83 bits per heavy atom. The van der Waals surface area contributed by atoms with Crippen LogP contribution in [0.1, 0.15) is 5.69 Å². The van der Waals surface area contributed by atoms with E-state index in [0.29, 0.717) is 21.6 Å². The summed E-state index contributed by atoms with van der Waals surface area (Å²) in [5.74, 6) is -3.14. The SMILES string of the molecule is Cc1ccc2c(Cl)cc(Cl)c(OCC(=O)OCC(=O)Nc3cc(F)ccc3F)c2n1. The van der Waals surface area contributed by atoms with Gasteiger partial charge in [-0.15, -0.1) is 0 Å². The maximum absolute atomic E-state index is 13.5. The number of aromatic nitrogens is 1. The van der Waals surface area contributed by atoms with Gasteiger partial charge in [-0.05, 0) is 37.3 Å². The Labute approximate surface area is 179 Å². The second-order valence-corrected chi connectivity index (χ2v) is 6.95. The second-order valence-electron chi connectivity index (χ2n) is 6.14. The predicted octanol–water partition coefficient (Wildman–Crippen LogP) is 4.69. The zero-order valence-corrected chi connectivity index (χ0v) is 17.0. The fourth-order valence-corrected chi connectivity index (χ4v) is 3.10. The van der Waals surface area contributed by atoms with E-state index in [9.17, 15) is 18.4 Å². The van der Waals surface area contributed by atoms with Crippen molar-refractivity contribution in [2.45, 2.75) is 6.92 Å². The van der Waals surface area contributed by atoms with Crippen LogP contribution in [0.2, 0.25) is 10.0 Å². The number of hydrogen-bond donors (Lipinski definition) is 1. The van der Waals surface area contributed by atoms with Gasteiger partial charge in [0.25, 0.3) is 5.91 Å². The molecule has 6 nitrogen and oxygen atoms in total. The molecule has 0 fully saturated rings. The topological polar surface area (TPSA) is 77.5 Å². The lowest BCUT2D eigenvalue weighted by Crippen LogP contribution is -2.24. The second kappa shape index (κ2) is 9.23. The lowest BCUT2D eigenvalue weighted by molar-refractivity contribution is -0.149. The van der Waals surface area contributed by atoms with Crippen LogP contribution in [0, 0.1) is 18.6 Å². The van der Waals surface area contributed by atoms with Gasteiger partial charge in [0.2, 0.25) is 0 Å². The molecule has 0 bridgehead atoms. The smallest absolute Gasteiger partial charge is 0.344 e. The van der Waals surface area contributed by atoms with E-state index in [1.54, 1.807) is 19.1 Å². The number of hydrogen-bond acceptors (Lipinski definition) is 5. The molecule has 1 N–H and O–H groups in total. The fourth-order valence-electron chi connectivity index (χ4n) is 2.53. The number of nitrogens with zero attached hydrogens (tertiary/aromatic N) is 1. The lowest BCUT2D eigenvalue weighted by Gasteiger charge is -2.12. The van der Waals surface area contributed by atoms with E-state index in [0.717, 1.165) is 18.2 Å². The maximum atomic E-state index is 13.5. The molecule has 2 aromatic carbocycles. The summed E-state index contributed by atoms with van der Waals surface area (Å²) in [7, 11) is 0. The van der Waals surface area contributed by atoms with Gasteiger partial charge in [0.15, 0.2) is 19.0 Å². The molecule has 30 heavy (non-hydrogen) atoms. The number of amides is 1. The van der Waals surface area contributed by atoms with E-state index >= 15 is 0 Å². The molecular formula is C20H14Cl2F2N2O4. The molecule has 0 atom stereocenters. The highest BCUT2D eigenvalue weighted by atomic mass is 35.5. The number of halogens is 4. The van der Waals surface area contributed by atoms with Crippen molar-refractivity contribution in [3.63, 3.8) is 0 Å². The van der Waals surface area contributed by atoms with Crippen LogP contribution >= 0.6 is 23.2 Å². The number of ether oxygens (including phenoxy) is 2. The minimum Gasteiger partial charge on any atom is -0.478 e. The molecule has 1 aromatic heterocycles. The third-order valence-corrected chi connectivity index (χ3v) is 4.47. The standard InChI is InChI=1S/C20H14Cl2F2N2O4/c1-10-2-4-12-13(21)7-14(22)20(19(12)25-10)30-9-18(28)29-8-17(27)26-16-6-11(23)3-5-15(16)24/h2-7H,8-9H2,1H3,(H,26,27). The van der Waals surface area contributed by atoms with E-state index in [-0.39, 0.29) is 16.5 Å². The number of benzene rings is 2. The number of fused-ring (bicyclic) bond motifs is 1. The fraction of sp³-hybridized carbons (Fsp3) is 0.150. The van der Waals surface area contributed by atoms with Gasteiger partial charge in [-0.25, -0.2) is 18.6 Å². The first kappa shape index (κ1) is 21.7. The highest BCUT2D eigenvalue weighted by Crippen LogP contribution is 2.37. The zero-order valence-electron chi connectivity index (χ0n) is 15.5. The molecule has 156 valence electrons. The van der Waals surface area contributed by atoms with Crippen molar-refractivity contribution in [3.05, 3.63) is 63.8 Å². The molecule has 0 saturated carbocycles. The summed E-state index contributed by atoms with van der Waals surface area (Å²) in [6.45, 7) is 0.491. The summed E-state index contributed by atoms with van der Waals surface area (Å²) < 4.78 is 36.9. The number of rotatable bonds is 6. The highest BCUT2D eigenvalue weighted by Gasteiger charge is 2.16. The van der Waals surface area contributed by atoms with E-state index in [1.165, 1.54) is 6.07 Å². The minimum absolute atomic E-state index is 0.142. The molecule has 0 radical (unpaired) electrons. The zero-order chi connectivity index (χ0) is 21.8. The number of nitrogens with one attached hydrogen (secondary N) is 1. The van der Waals surface area contributed by atoms with Crippen LogP contribution in [0.25, 0.3) is 10.9 Å². The Bertz CT molecular complexity index is 1140. The van der Waals surface area contributed by atoms with Crippen molar-refractivity contribution < 1.29 is 27.8 Å². The summed E-state index contributed by atoms with van der Waals surface area (Å²) >= 11 is 12.3. The molecule has 0 unspecified atom stereocenters. The molecule has 0 aliphatic carbocycles. The summed E-state index contributed by atoms with van der Waals surface area (Å²) in [5.41, 5.74) is 0.697. The Morgan fingerprint density at radius 1 is 1.07 bits per heavy atom. The van der Waals surface area contributed by atoms with Crippen LogP contribution in [0.5, 0.6) is 5.75 Å². The van der Waals surface area contributed by atoms with Crippen molar-refractivity contribution in [1.29, 1.82) is 0 Å².